The predicted molar refractivity (Wildman–Crippen MR) is 357 cm³/mol. The molecule has 3 heterocycles. The molecule has 0 radical (unpaired) electrons. The van der Waals surface area contributed by atoms with E-state index in [1.165, 1.54) is 180 Å². The number of nitrogens with one attached hydrogen (secondary N) is 2. The van der Waals surface area contributed by atoms with Crippen molar-refractivity contribution in [2.24, 2.45) is 0 Å². The van der Waals surface area contributed by atoms with E-state index in [0.29, 0.717) is 12.8 Å². The maximum absolute atomic E-state index is 13.4. The van der Waals surface area contributed by atoms with Gasteiger partial charge in [0.15, 0.2) is 12.6 Å². The van der Waals surface area contributed by atoms with Crippen molar-refractivity contribution in [1.82, 2.24) is 10.6 Å². The van der Waals surface area contributed by atoms with Crippen molar-refractivity contribution < 1.29 is 104 Å². The molecule has 3 aliphatic heterocycles. The summed E-state index contributed by atoms with van der Waals surface area (Å²) in [5.74, 6) is -6.14. The Hall–Kier alpha value is -2.79. The molecule has 2 amide bonds. The van der Waals surface area contributed by atoms with Gasteiger partial charge in [-0.1, -0.05) is 231 Å². The van der Waals surface area contributed by atoms with Crippen LogP contribution in [0.1, 0.15) is 271 Å². The van der Waals surface area contributed by atoms with Gasteiger partial charge in [-0.3, -0.25) is 9.59 Å². The lowest BCUT2D eigenvalue weighted by Crippen LogP contribution is -2.70. The third-order valence-corrected chi connectivity index (χ3v) is 18.6. The highest BCUT2D eigenvalue weighted by Gasteiger charge is 2.60. The Morgan fingerprint density at radius 1 is 0.553 bits per heavy atom. The minimum atomic E-state index is -3.08. The van der Waals surface area contributed by atoms with E-state index in [9.17, 15) is 75.7 Å². The predicted octanol–water partition coefficient (Wildman–Crippen LogP) is 7.62. The Kier molecular flexibility index (Phi) is 46.7. The van der Waals surface area contributed by atoms with Crippen molar-refractivity contribution in [3.05, 3.63) is 24.3 Å². The first-order valence-corrected chi connectivity index (χ1v) is 36.7. The van der Waals surface area contributed by atoms with Crippen LogP contribution < -0.4 is 10.6 Å². The number of ether oxygens (including phenoxy) is 6. The Morgan fingerprint density at radius 3 is 1.45 bits per heavy atom. The molecule has 18 atom stereocenters. The lowest BCUT2D eigenvalue weighted by atomic mass is 9.88. The topological polar surface area (TPSA) is 373 Å². The molecule has 3 aliphatic rings. The first-order valence-electron chi connectivity index (χ1n) is 36.7. The molecule has 18 unspecified atom stereocenters. The van der Waals surface area contributed by atoms with Crippen molar-refractivity contribution in [2.45, 2.75) is 381 Å². The van der Waals surface area contributed by atoms with Crippen LogP contribution in [0.3, 0.4) is 0 Å². The highest BCUT2D eigenvalue weighted by Crippen LogP contribution is 2.39. The molecule has 0 spiro atoms. The molecule has 23 nitrogen and oxygen atoms in total. The second kappa shape index (κ2) is 51.4. The number of amides is 2. The van der Waals surface area contributed by atoms with Crippen LogP contribution in [0.25, 0.3) is 0 Å². The van der Waals surface area contributed by atoms with E-state index in [-0.39, 0.29) is 12.3 Å². The van der Waals surface area contributed by atoms with Crippen LogP contribution in [0.4, 0.5) is 0 Å². The minimum Gasteiger partial charge on any atom is -0.477 e. The molecule has 3 saturated heterocycles. The lowest BCUT2D eigenvalue weighted by molar-refractivity contribution is -0.386. The maximum atomic E-state index is 13.4. The van der Waals surface area contributed by atoms with Gasteiger partial charge in [-0.25, -0.2) is 4.79 Å². The van der Waals surface area contributed by atoms with Crippen LogP contribution in [-0.2, 0) is 42.8 Å². The summed E-state index contributed by atoms with van der Waals surface area (Å²) in [6.45, 7) is 2.12. The van der Waals surface area contributed by atoms with E-state index < -0.39 is 155 Å². The van der Waals surface area contributed by atoms with Crippen LogP contribution in [0.5, 0.6) is 0 Å². The monoisotopic (exact) mass is 1350 g/mol. The summed E-state index contributed by atoms with van der Waals surface area (Å²) in [6.07, 6.45) is 24.0. The summed E-state index contributed by atoms with van der Waals surface area (Å²) in [5.41, 5.74) is 0. The van der Waals surface area contributed by atoms with E-state index in [1.54, 1.807) is 6.08 Å². The van der Waals surface area contributed by atoms with Crippen LogP contribution >= 0.6 is 0 Å². The normalized spacial score (nSPS) is 28.0. The molecule has 0 aromatic heterocycles. The minimum absolute atomic E-state index is 0.201. The summed E-state index contributed by atoms with van der Waals surface area (Å²) in [5, 5.41) is 136. The molecule has 23 heteroatoms. The zero-order valence-corrected chi connectivity index (χ0v) is 57.6. The quantitative estimate of drug-likeness (QED) is 0.0205. The van der Waals surface area contributed by atoms with Gasteiger partial charge in [0, 0.05) is 19.8 Å². The first kappa shape index (κ1) is 85.4. The summed E-state index contributed by atoms with van der Waals surface area (Å²) in [6, 6.07) is -2.62. The van der Waals surface area contributed by atoms with E-state index in [0.717, 1.165) is 51.9 Å². The number of carbonyl (C=O) groups is 3. The fraction of sp³-hybridized carbons (Fsp3) is 0.901. The molecule has 94 heavy (non-hydrogen) atoms. The van der Waals surface area contributed by atoms with E-state index >= 15 is 0 Å². The number of hydrogen-bond donors (Lipinski definition) is 14. The summed E-state index contributed by atoms with van der Waals surface area (Å²) < 4.78 is 34.8. The van der Waals surface area contributed by atoms with Crippen LogP contribution in [-0.4, -0.2) is 215 Å². The molecule has 0 bridgehead atoms. The number of carboxylic acids is 1. The van der Waals surface area contributed by atoms with E-state index in [4.69, 9.17) is 28.4 Å². The summed E-state index contributed by atoms with van der Waals surface area (Å²) in [7, 11) is 0. The fourth-order valence-electron chi connectivity index (χ4n) is 12.8. The van der Waals surface area contributed by atoms with Gasteiger partial charge in [0.1, 0.15) is 67.1 Å². The van der Waals surface area contributed by atoms with Gasteiger partial charge in [-0.15, -0.1) is 0 Å². The summed E-state index contributed by atoms with van der Waals surface area (Å²) in [4.78, 5) is 38.5. The number of unbranched alkanes of at least 4 members (excludes halogenated alkanes) is 34. The Bertz CT molecular complexity index is 1990. The second-order valence-electron chi connectivity index (χ2n) is 26.8. The lowest BCUT2D eigenvalue weighted by Gasteiger charge is -2.50. The third-order valence-electron chi connectivity index (χ3n) is 18.6. The van der Waals surface area contributed by atoms with Crippen LogP contribution in [0.15, 0.2) is 24.3 Å². The number of carbonyl (C=O) groups excluding carboxylic acids is 2. The zero-order chi connectivity index (χ0) is 68.9. The van der Waals surface area contributed by atoms with Gasteiger partial charge in [-0.2, -0.15) is 0 Å². The van der Waals surface area contributed by atoms with E-state index in [2.05, 4.69) is 36.6 Å². The SMILES string of the molecule is CCCCCCCCCCC/C=C/C(O)C(COC1OC(CO)C(OC2OC(CO)C(O)C(OC3(C(=O)O)CC(O)C(NC(C)=O)C(C(O)C(O)CO)O3)C2O)C(O)C1O)NC(=O)CCCCCCCCCCCCCCC/C=C\CCCCCCCCCCCCCC. The number of aliphatic hydroxyl groups excluding tert-OH is 11. The van der Waals surface area contributed by atoms with Crippen molar-refractivity contribution in [3.8, 4) is 0 Å². The number of aliphatic carboxylic acids is 1. The Labute approximate surface area is 562 Å². The van der Waals surface area contributed by atoms with Gasteiger partial charge in [0.25, 0.3) is 5.79 Å². The number of aliphatic hydroxyl groups is 11. The maximum Gasteiger partial charge on any atom is 0.364 e. The molecule has 3 rings (SSSR count). The standard InChI is InChI=1S/C71H130N2O21/c1-4-6-8-10-12-14-16-17-18-19-20-21-22-23-24-25-26-27-28-29-30-31-32-33-35-37-39-41-43-45-58(81)73-52(53(78)44-42-40-38-36-34-15-13-11-9-7-5-2)50-89-68-63(85)62(84)65(57(49-76)91-68)92-69-64(86)67(61(83)56(48-75)90-69)94-71(70(87)88)46-54(79)59(72-51(3)77)66(93-71)60(82)55(80)47-74/h23-24,42,44,52-57,59-69,74-76,78-80,82-86H,4-22,25-41,43,45-50H2,1-3H3,(H,72,77)(H,73,81)(H,87,88)/b24-23-,44-42+. The number of carboxylic acid groups (broad SMARTS) is 1. The first-order chi connectivity index (χ1) is 45.4. The Morgan fingerprint density at radius 2 is 1.00 bits per heavy atom. The van der Waals surface area contributed by atoms with Gasteiger partial charge in [0.2, 0.25) is 11.8 Å². The summed E-state index contributed by atoms with van der Waals surface area (Å²) >= 11 is 0. The van der Waals surface area contributed by atoms with Crippen molar-refractivity contribution in [2.75, 3.05) is 26.4 Å². The smallest absolute Gasteiger partial charge is 0.364 e. The fourth-order valence-corrected chi connectivity index (χ4v) is 12.8. The van der Waals surface area contributed by atoms with Crippen molar-refractivity contribution in [1.29, 1.82) is 0 Å². The molecule has 0 aliphatic carbocycles. The second-order valence-corrected chi connectivity index (χ2v) is 26.8. The molecule has 0 aromatic carbocycles. The van der Waals surface area contributed by atoms with Crippen molar-refractivity contribution >= 4 is 17.8 Å². The third kappa shape index (κ3) is 32.9. The van der Waals surface area contributed by atoms with Crippen LogP contribution in [0, 0.1) is 0 Å². The Balaban J connectivity index is 1.49. The molecular formula is C71H130N2O21. The average molecular weight is 1350 g/mol. The molecule has 0 aromatic rings. The van der Waals surface area contributed by atoms with Crippen LogP contribution in [0.2, 0.25) is 0 Å². The van der Waals surface area contributed by atoms with Gasteiger partial charge in [-0.05, 0) is 44.9 Å². The number of hydrogen-bond acceptors (Lipinski definition) is 20. The molecule has 0 saturated carbocycles. The molecular weight excluding hydrogens is 1220 g/mol. The number of rotatable bonds is 56. The highest BCUT2D eigenvalue weighted by atomic mass is 16.8. The zero-order valence-electron chi connectivity index (χ0n) is 57.6. The van der Waals surface area contributed by atoms with Gasteiger partial charge < -0.3 is 100 Å². The average Bonchev–Trinajstić information content (AvgIpc) is 0.758. The molecule has 14 N–H and O–H groups in total. The van der Waals surface area contributed by atoms with Crippen molar-refractivity contribution in [3.63, 3.8) is 0 Å². The largest absolute Gasteiger partial charge is 0.477 e. The molecule has 3 fully saturated rings. The van der Waals surface area contributed by atoms with Gasteiger partial charge >= 0.3 is 5.97 Å². The number of allylic oxidation sites excluding steroid dienone is 3. The van der Waals surface area contributed by atoms with Gasteiger partial charge in [0.05, 0.1) is 50.7 Å². The molecule has 550 valence electrons. The highest BCUT2D eigenvalue weighted by molar-refractivity contribution is 5.77. The van der Waals surface area contributed by atoms with E-state index in [1.807, 2.05) is 6.08 Å².